The predicted molar refractivity (Wildman–Crippen MR) is 65.7 cm³/mol. The van der Waals surface area contributed by atoms with E-state index in [1.165, 1.54) is 32.1 Å². The van der Waals surface area contributed by atoms with Crippen LogP contribution >= 0.6 is 7.14 Å². The first-order valence-corrected chi connectivity index (χ1v) is 8.72. The maximum Gasteiger partial charge on any atom is 0.0878 e. The summed E-state index contributed by atoms with van der Waals surface area (Å²) in [5.74, 6) is 2.84. The van der Waals surface area contributed by atoms with Crippen LogP contribution in [0.4, 0.5) is 0 Å². The molecule has 2 bridgehead atoms. The van der Waals surface area contributed by atoms with Gasteiger partial charge in [-0.05, 0) is 62.9 Å². The van der Waals surface area contributed by atoms with E-state index in [1.807, 2.05) is 6.92 Å². The predicted octanol–water partition coefficient (Wildman–Crippen LogP) is 3.91. The molecule has 0 N–H and O–H groups in total. The molecule has 0 saturated heterocycles. The molecule has 0 spiro atoms. The summed E-state index contributed by atoms with van der Waals surface area (Å²) in [5, 5.41) is 0. The van der Waals surface area contributed by atoms with Gasteiger partial charge in [-0.15, -0.1) is 0 Å². The largest absolute Gasteiger partial charge is 0.324 e. The van der Waals surface area contributed by atoms with E-state index in [-0.39, 0.29) is 0 Å². The fourth-order valence-corrected chi connectivity index (χ4v) is 5.15. The number of hydrogen-bond donors (Lipinski definition) is 0. The molecular formula is C13H23OP. The third-order valence-corrected chi connectivity index (χ3v) is 7.70. The van der Waals surface area contributed by atoms with E-state index >= 15 is 0 Å². The van der Waals surface area contributed by atoms with Crippen molar-refractivity contribution >= 4 is 7.14 Å². The molecule has 2 aliphatic rings. The molecule has 0 aromatic heterocycles. The van der Waals surface area contributed by atoms with Crippen molar-refractivity contribution in [3.63, 3.8) is 0 Å². The molecule has 0 aromatic rings. The first kappa shape index (κ1) is 11.7. The molecule has 2 radical (unpaired) electrons. The Balaban J connectivity index is 1.86. The number of rotatable bonds is 5. The maximum atomic E-state index is 12.2. The summed E-state index contributed by atoms with van der Waals surface area (Å²) in [4.78, 5) is 0. The Kier molecular flexibility index (Phi) is 3.60. The second-order valence-electron chi connectivity index (χ2n) is 5.41. The van der Waals surface area contributed by atoms with Crippen LogP contribution < -0.4 is 0 Å². The lowest BCUT2D eigenvalue weighted by Crippen LogP contribution is -2.09. The monoisotopic (exact) mass is 226 g/mol. The van der Waals surface area contributed by atoms with Gasteiger partial charge in [0.15, 0.2) is 0 Å². The molecule has 0 aromatic carbocycles. The van der Waals surface area contributed by atoms with Gasteiger partial charge in [0.05, 0.1) is 7.14 Å². The molecule has 2 fully saturated rings. The molecule has 0 amide bonds. The van der Waals surface area contributed by atoms with Crippen molar-refractivity contribution in [2.45, 2.75) is 39.0 Å². The third kappa shape index (κ3) is 2.33. The minimum absolute atomic E-state index is 0.422. The standard InChI is InChI=1S/C13H23OP/c1-3-15(14,4-2)10-9-13-11-5-6-12(13)8-7-11/h1,11-13H,3-10H2,2H3. The highest BCUT2D eigenvalue weighted by atomic mass is 31.2. The van der Waals surface area contributed by atoms with E-state index in [0.29, 0.717) is 6.16 Å². The van der Waals surface area contributed by atoms with Crippen LogP contribution in [-0.4, -0.2) is 18.5 Å². The van der Waals surface area contributed by atoms with Crippen LogP contribution in [0, 0.1) is 24.7 Å². The van der Waals surface area contributed by atoms with Crippen molar-refractivity contribution in [1.82, 2.24) is 0 Å². The van der Waals surface area contributed by atoms with Gasteiger partial charge in [0, 0.05) is 12.3 Å². The average Bonchev–Trinajstić information content (AvgIpc) is 2.85. The van der Waals surface area contributed by atoms with Gasteiger partial charge in [0.1, 0.15) is 0 Å². The second-order valence-corrected chi connectivity index (χ2v) is 8.97. The summed E-state index contributed by atoms with van der Waals surface area (Å²) in [7, 11) is -1.98. The molecule has 2 aliphatic carbocycles. The first-order chi connectivity index (χ1) is 7.18. The summed E-state index contributed by atoms with van der Waals surface area (Å²) < 4.78 is 12.2. The summed E-state index contributed by atoms with van der Waals surface area (Å²) in [6.45, 7) is 7.65. The Morgan fingerprint density at radius 2 is 1.73 bits per heavy atom. The topological polar surface area (TPSA) is 17.1 Å². The van der Waals surface area contributed by atoms with E-state index in [2.05, 4.69) is 0 Å². The van der Waals surface area contributed by atoms with Crippen LogP contribution in [0.5, 0.6) is 0 Å². The molecule has 2 saturated carbocycles. The van der Waals surface area contributed by atoms with Crippen LogP contribution in [0.25, 0.3) is 0 Å². The van der Waals surface area contributed by atoms with Crippen LogP contribution in [-0.2, 0) is 4.57 Å². The van der Waals surface area contributed by atoms with E-state index in [4.69, 9.17) is 6.92 Å². The molecular weight excluding hydrogens is 203 g/mol. The lowest BCUT2D eigenvalue weighted by Gasteiger charge is -2.19. The van der Waals surface area contributed by atoms with Crippen LogP contribution in [0.15, 0.2) is 0 Å². The lowest BCUT2D eigenvalue weighted by atomic mass is 9.95. The second kappa shape index (κ2) is 4.62. The molecule has 2 rings (SSSR count). The average molecular weight is 226 g/mol. The van der Waals surface area contributed by atoms with Crippen molar-refractivity contribution in [2.24, 2.45) is 17.8 Å². The molecule has 2 heteroatoms. The highest BCUT2D eigenvalue weighted by Gasteiger charge is 2.41. The normalized spacial score (nSPS) is 34.9. The Bertz CT molecular complexity index is 233. The zero-order valence-electron chi connectivity index (χ0n) is 9.82. The van der Waals surface area contributed by atoms with Crippen molar-refractivity contribution < 1.29 is 4.57 Å². The zero-order chi connectivity index (χ0) is 10.9. The van der Waals surface area contributed by atoms with Crippen molar-refractivity contribution in [1.29, 1.82) is 0 Å². The van der Waals surface area contributed by atoms with Crippen molar-refractivity contribution in [2.75, 3.05) is 18.5 Å². The van der Waals surface area contributed by atoms with Crippen LogP contribution in [0.1, 0.15) is 39.0 Å². The summed E-state index contributed by atoms with van der Waals surface area (Å²) in [5.41, 5.74) is 0. The Labute approximate surface area is 94.4 Å². The van der Waals surface area contributed by atoms with E-state index in [0.717, 1.165) is 30.1 Å². The van der Waals surface area contributed by atoms with E-state index < -0.39 is 7.14 Å². The molecule has 15 heavy (non-hydrogen) atoms. The minimum Gasteiger partial charge on any atom is -0.324 e. The number of fused-ring (bicyclic) bond motifs is 2. The Hall–Kier alpha value is 0.230. The minimum atomic E-state index is -1.98. The van der Waals surface area contributed by atoms with Gasteiger partial charge < -0.3 is 4.57 Å². The van der Waals surface area contributed by atoms with Crippen molar-refractivity contribution in [3.8, 4) is 0 Å². The molecule has 1 atom stereocenters. The zero-order valence-corrected chi connectivity index (χ0v) is 10.7. The fraction of sp³-hybridized carbons (Fsp3) is 0.923. The summed E-state index contributed by atoms with van der Waals surface area (Å²) in [6, 6.07) is 0. The number of hydrogen-bond acceptors (Lipinski definition) is 1. The maximum absolute atomic E-state index is 12.2. The Morgan fingerprint density at radius 3 is 2.13 bits per heavy atom. The van der Waals surface area contributed by atoms with Gasteiger partial charge in [-0.1, -0.05) is 6.92 Å². The molecule has 0 aliphatic heterocycles. The lowest BCUT2D eigenvalue weighted by molar-refractivity contribution is 0.393. The summed E-state index contributed by atoms with van der Waals surface area (Å²) >= 11 is 0. The van der Waals surface area contributed by atoms with Crippen LogP contribution in [0.3, 0.4) is 0 Å². The quantitative estimate of drug-likeness (QED) is 0.650. The highest BCUT2D eigenvalue weighted by Crippen LogP contribution is 2.54. The SMILES string of the molecule is [CH]CP(=O)(CC)CCC1C2CCC1CC2. The van der Waals surface area contributed by atoms with Gasteiger partial charge in [-0.25, -0.2) is 0 Å². The van der Waals surface area contributed by atoms with Gasteiger partial charge >= 0.3 is 0 Å². The van der Waals surface area contributed by atoms with Crippen LogP contribution in [0.2, 0.25) is 0 Å². The molecule has 1 unspecified atom stereocenters. The molecule has 0 heterocycles. The van der Waals surface area contributed by atoms with E-state index in [9.17, 15) is 4.57 Å². The van der Waals surface area contributed by atoms with Gasteiger partial charge in [0.2, 0.25) is 0 Å². The summed E-state index contributed by atoms with van der Waals surface area (Å²) in [6.07, 6.45) is 9.08. The van der Waals surface area contributed by atoms with Gasteiger partial charge in [-0.2, -0.15) is 0 Å². The third-order valence-electron chi connectivity index (χ3n) is 4.81. The molecule has 1 nitrogen and oxygen atoms in total. The highest BCUT2D eigenvalue weighted by molar-refractivity contribution is 7.63. The molecule has 86 valence electrons. The Morgan fingerprint density at radius 1 is 1.20 bits per heavy atom. The van der Waals surface area contributed by atoms with E-state index in [1.54, 1.807) is 0 Å². The van der Waals surface area contributed by atoms with Gasteiger partial charge in [0.25, 0.3) is 0 Å². The first-order valence-electron chi connectivity index (χ1n) is 6.45. The van der Waals surface area contributed by atoms with Crippen molar-refractivity contribution in [3.05, 3.63) is 6.92 Å². The fourth-order valence-electron chi connectivity index (χ4n) is 3.62. The smallest absolute Gasteiger partial charge is 0.0878 e. The van der Waals surface area contributed by atoms with Gasteiger partial charge in [-0.3, -0.25) is 0 Å².